The van der Waals surface area contributed by atoms with E-state index in [1.165, 1.54) is 10.1 Å². The van der Waals surface area contributed by atoms with Crippen LogP contribution in [0.5, 0.6) is 0 Å². The maximum absolute atomic E-state index is 13.5. The van der Waals surface area contributed by atoms with E-state index < -0.39 is 0 Å². The zero-order chi connectivity index (χ0) is 30.3. The Morgan fingerprint density at radius 1 is 0.977 bits per heavy atom. The minimum Gasteiger partial charge on any atom is -0.392 e. The Labute approximate surface area is 251 Å². The molecular weight excluding hydrogens is 542 g/mol. The normalized spacial score (nSPS) is 15.1. The van der Waals surface area contributed by atoms with E-state index in [1.807, 2.05) is 54.6 Å². The van der Waals surface area contributed by atoms with Crippen molar-refractivity contribution >= 4 is 28.8 Å². The molecule has 0 aliphatic carbocycles. The smallest absolute Gasteiger partial charge is 0.293 e. The lowest BCUT2D eigenvalue weighted by atomic mass is 9.85. The molecule has 0 bridgehead atoms. The molecule has 0 atom stereocenters. The molecule has 222 valence electrons. The standard InChI is InChI=1S/C34H37N5O4/c1-34(2,3)23-8-13-26-22(18-23)19-39(32(26)41)30-7-5-6-27(28(30)21-40)29-20-37(4)33(42)31(36-29)35-24-9-11-25(12-10-24)38-14-16-43-17-15-38/h5-13,18,20,40H,14-17,19,21H2,1-4H3,(H,35,36). The number of aromatic nitrogens is 2. The van der Waals surface area contributed by atoms with Gasteiger partial charge >= 0.3 is 0 Å². The Morgan fingerprint density at radius 2 is 1.72 bits per heavy atom. The molecule has 3 aromatic carbocycles. The highest BCUT2D eigenvalue weighted by molar-refractivity contribution is 6.10. The molecule has 43 heavy (non-hydrogen) atoms. The number of ether oxygens (including phenoxy) is 1. The molecule has 9 nitrogen and oxygen atoms in total. The van der Waals surface area contributed by atoms with Crippen molar-refractivity contribution in [2.24, 2.45) is 7.05 Å². The number of amides is 1. The summed E-state index contributed by atoms with van der Waals surface area (Å²) in [5.74, 6) is 0.0754. The van der Waals surface area contributed by atoms with Crippen LogP contribution in [0.25, 0.3) is 11.3 Å². The fourth-order valence-electron chi connectivity index (χ4n) is 5.75. The minimum absolute atomic E-state index is 0.0346. The fraction of sp³-hybridized carbons (Fsp3) is 0.324. The van der Waals surface area contributed by atoms with Crippen molar-refractivity contribution in [2.45, 2.75) is 39.3 Å². The molecule has 1 amide bonds. The van der Waals surface area contributed by atoms with E-state index in [0.29, 0.717) is 47.8 Å². The number of aliphatic hydroxyl groups is 1. The van der Waals surface area contributed by atoms with Gasteiger partial charge in [-0.2, -0.15) is 0 Å². The molecule has 1 saturated heterocycles. The first-order valence-electron chi connectivity index (χ1n) is 14.6. The zero-order valence-electron chi connectivity index (χ0n) is 25.1. The Hall–Kier alpha value is -4.47. The molecule has 1 fully saturated rings. The van der Waals surface area contributed by atoms with E-state index in [2.05, 4.69) is 37.1 Å². The number of nitrogens with zero attached hydrogens (tertiary/aromatic N) is 4. The highest BCUT2D eigenvalue weighted by Gasteiger charge is 2.32. The van der Waals surface area contributed by atoms with Crippen molar-refractivity contribution in [3.63, 3.8) is 0 Å². The number of aliphatic hydroxyl groups excluding tert-OH is 1. The van der Waals surface area contributed by atoms with E-state index in [1.54, 1.807) is 18.1 Å². The van der Waals surface area contributed by atoms with Crippen molar-refractivity contribution in [3.05, 3.63) is 99.5 Å². The fourth-order valence-corrected chi connectivity index (χ4v) is 5.75. The van der Waals surface area contributed by atoms with Crippen molar-refractivity contribution in [1.82, 2.24) is 9.55 Å². The van der Waals surface area contributed by atoms with Crippen LogP contribution in [0.1, 0.15) is 47.8 Å². The SMILES string of the molecule is Cn1cc(-c2cccc(N3Cc4cc(C(C)(C)C)ccc4C3=O)c2CO)nc(Nc2ccc(N3CCOCC3)cc2)c1=O. The summed E-state index contributed by atoms with van der Waals surface area (Å²) >= 11 is 0. The molecule has 2 aliphatic rings. The molecule has 2 aliphatic heterocycles. The molecule has 1 aromatic heterocycles. The molecule has 0 spiro atoms. The lowest BCUT2D eigenvalue weighted by molar-refractivity contribution is 0.0996. The molecule has 0 radical (unpaired) electrons. The molecule has 3 heterocycles. The van der Waals surface area contributed by atoms with Crippen LogP contribution in [-0.4, -0.2) is 46.9 Å². The zero-order valence-corrected chi connectivity index (χ0v) is 25.1. The first-order chi connectivity index (χ1) is 20.6. The van der Waals surface area contributed by atoms with Crippen LogP contribution in [-0.2, 0) is 30.4 Å². The Balaban J connectivity index is 1.31. The van der Waals surface area contributed by atoms with Gasteiger partial charge in [0, 0.05) is 54.4 Å². The quantitative estimate of drug-likeness (QED) is 0.333. The molecule has 4 aromatic rings. The van der Waals surface area contributed by atoms with Crippen molar-refractivity contribution < 1.29 is 14.6 Å². The summed E-state index contributed by atoms with van der Waals surface area (Å²) in [5, 5.41) is 13.8. The van der Waals surface area contributed by atoms with Crippen molar-refractivity contribution in [2.75, 3.05) is 41.4 Å². The number of anilines is 4. The van der Waals surface area contributed by atoms with E-state index in [9.17, 15) is 14.7 Å². The van der Waals surface area contributed by atoms with Gasteiger partial charge in [0.1, 0.15) is 0 Å². The van der Waals surface area contributed by atoms with E-state index in [-0.39, 0.29) is 29.3 Å². The van der Waals surface area contributed by atoms with Crippen LogP contribution in [0.4, 0.5) is 22.9 Å². The Morgan fingerprint density at radius 3 is 2.42 bits per heavy atom. The third-order valence-corrected chi connectivity index (χ3v) is 8.23. The third kappa shape index (κ3) is 5.53. The van der Waals surface area contributed by atoms with Crippen LogP contribution in [0, 0.1) is 0 Å². The van der Waals surface area contributed by atoms with Crippen molar-refractivity contribution in [3.8, 4) is 11.3 Å². The monoisotopic (exact) mass is 579 g/mol. The van der Waals surface area contributed by atoms with Gasteiger partial charge in [-0.15, -0.1) is 0 Å². The first-order valence-corrected chi connectivity index (χ1v) is 14.6. The summed E-state index contributed by atoms with van der Waals surface area (Å²) < 4.78 is 6.93. The van der Waals surface area contributed by atoms with Gasteiger partial charge in [-0.1, -0.05) is 45.0 Å². The second-order valence-corrected chi connectivity index (χ2v) is 12.1. The minimum atomic E-state index is -0.296. The highest BCUT2D eigenvalue weighted by Crippen LogP contribution is 2.37. The van der Waals surface area contributed by atoms with Gasteiger partial charge in [0.25, 0.3) is 11.5 Å². The number of carbonyl (C=O) groups excluding carboxylic acids is 1. The number of fused-ring (bicyclic) bond motifs is 1. The first kappa shape index (κ1) is 28.6. The van der Waals surface area contributed by atoms with Crippen LogP contribution in [0.15, 0.2) is 71.7 Å². The van der Waals surface area contributed by atoms with Crippen LogP contribution in [0.2, 0.25) is 0 Å². The topological polar surface area (TPSA) is 99.9 Å². The van der Waals surface area contributed by atoms with Gasteiger partial charge in [0.2, 0.25) is 0 Å². The summed E-state index contributed by atoms with van der Waals surface area (Å²) in [6.07, 6.45) is 1.66. The second kappa shape index (κ2) is 11.3. The van der Waals surface area contributed by atoms with E-state index >= 15 is 0 Å². The number of hydrogen-bond donors (Lipinski definition) is 2. The van der Waals surface area contributed by atoms with Gasteiger partial charge < -0.3 is 29.5 Å². The summed E-state index contributed by atoms with van der Waals surface area (Å²) in [7, 11) is 1.68. The number of aryl methyl sites for hydroxylation is 1. The predicted molar refractivity (Wildman–Crippen MR) is 169 cm³/mol. The van der Waals surface area contributed by atoms with Gasteiger partial charge in [-0.05, 0) is 52.9 Å². The molecule has 9 heteroatoms. The number of benzene rings is 3. The van der Waals surface area contributed by atoms with Crippen LogP contribution < -0.4 is 20.7 Å². The van der Waals surface area contributed by atoms with Gasteiger partial charge in [0.05, 0.1) is 37.7 Å². The Bertz CT molecular complexity index is 1730. The largest absolute Gasteiger partial charge is 0.392 e. The summed E-state index contributed by atoms with van der Waals surface area (Å²) in [6.45, 7) is 9.69. The third-order valence-electron chi connectivity index (χ3n) is 8.23. The second-order valence-electron chi connectivity index (χ2n) is 12.1. The molecule has 6 rings (SSSR count). The maximum Gasteiger partial charge on any atom is 0.293 e. The number of morpholine rings is 1. The van der Waals surface area contributed by atoms with E-state index in [4.69, 9.17) is 9.72 Å². The average Bonchev–Trinajstić information content (AvgIpc) is 3.34. The van der Waals surface area contributed by atoms with Crippen LogP contribution in [0.3, 0.4) is 0 Å². The Kier molecular flexibility index (Phi) is 7.54. The lowest BCUT2D eigenvalue weighted by Gasteiger charge is -2.28. The number of hydrogen-bond acceptors (Lipinski definition) is 7. The number of rotatable bonds is 6. The van der Waals surface area contributed by atoms with Gasteiger partial charge in [-0.3, -0.25) is 9.59 Å². The number of carbonyl (C=O) groups is 1. The van der Waals surface area contributed by atoms with E-state index in [0.717, 1.165) is 30.0 Å². The molecule has 2 N–H and O–H groups in total. The summed E-state index contributed by atoms with van der Waals surface area (Å²) in [6, 6.07) is 19.5. The highest BCUT2D eigenvalue weighted by atomic mass is 16.5. The lowest BCUT2D eigenvalue weighted by Crippen LogP contribution is -2.36. The molecule has 0 saturated carbocycles. The number of nitrogens with one attached hydrogen (secondary N) is 1. The van der Waals surface area contributed by atoms with Crippen molar-refractivity contribution in [1.29, 1.82) is 0 Å². The van der Waals surface area contributed by atoms with Gasteiger partial charge in [-0.25, -0.2) is 4.98 Å². The summed E-state index contributed by atoms with van der Waals surface area (Å²) in [5.41, 5.74) is 6.71. The van der Waals surface area contributed by atoms with Gasteiger partial charge in [0.15, 0.2) is 5.82 Å². The van der Waals surface area contributed by atoms with Crippen LogP contribution >= 0.6 is 0 Å². The molecular formula is C34H37N5O4. The maximum atomic E-state index is 13.5. The molecule has 0 unspecified atom stereocenters. The average molecular weight is 580 g/mol. The summed E-state index contributed by atoms with van der Waals surface area (Å²) in [4.78, 5) is 35.3. The predicted octanol–water partition coefficient (Wildman–Crippen LogP) is 4.98.